The quantitative estimate of drug-likeness (QED) is 0.665. The van der Waals surface area contributed by atoms with Gasteiger partial charge < -0.3 is 14.9 Å². The van der Waals surface area contributed by atoms with Gasteiger partial charge >= 0.3 is 11.9 Å². The summed E-state index contributed by atoms with van der Waals surface area (Å²) < 4.78 is 5.27. The molecule has 0 aromatic rings. The van der Waals surface area contributed by atoms with Gasteiger partial charge in [-0.15, -0.1) is 0 Å². The minimum atomic E-state index is -1.12. The molecule has 6 heteroatoms. The lowest BCUT2D eigenvalue weighted by molar-refractivity contribution is -0.136. The zero-order chi connectivity index (χ0) is 16.7. The number of hydrogen-bond acceptors (Lipinski definition) is 4. The third-order valence-electron chi connectivity index (χ3n) is 4.27. The number of rotatable bonds is 8. The molecule has 2 N–H and O–H groups in total. The second kappa shape index (κ2) is 8.90. The summed E-state index contributed by atoms with van der Waals surface area (Å²) in [5.41, 5.74) is 0.0893. The van der Waals surface area contributed by atoms with Gasteiger partial charge in [-0.25, -0.2) is 9.59 Å². The van der Waals surface area contributed by atoms with Gasteiger partial charge in [0.2, 0.25) is 0 Å². The van der Waals surface area contributed by atoms with E-state index in [9.17, 15) is 19.8 Å². The van der Waals surface area contributed by atoms with E-state index in [1.165, 1.54) is 0 Å². The first kappa shape index (κ1) is 18.6. The molecule has 1 unspecified atom stereocenters. The Morgan fingerprint density at radius 1 is 1.09 bits per heavy atom. The third-order valence-corrected chi connectivity index (χ3v) is 4.27. The van der Waals surface area contributed by atoms with Crippen molar-refractivity contribution in [2.45, 2.75) is 33.6 Å². The number of ether oxygens (including phenoxy) is 1. The molecule has 22 heavy (non-hydrogen) atoms. The summed E-state index contributed by atoms with van der Waals surface area (Å²) in [7, 11) is 0. The zero-order valence-electron chi connectivity index (χ0n) is 13.7. The minimum absolute atomic E-state index is 0.0435. The molecule has 0 aromatic heterocycles. The van der Waals surface area contributed by atoms with E-state index >= 15 is 0 Å². The Hall–Kier alpha value is -1.40. The number of hydrogen-bond donors (Lipinski definition) is 2. The van der Waals surface area contributed by atoms with E-state index < -0.39 is 11.9 Å². The topological polar surface area (TPSA) is 87.1 Å². The first-order valence-corrected chi connectivity index (χ1v) is 7.84. The summed E-state index contributed by atoms with van der Waals surface area (Å²) >= 11 is 0. The zero-order valence-corrected chi connectivity index (χ0v) is 13.7. The summed E-state index contributed by atoms with van der Waals surface area (Å²) in [6.07, 6.45) is 0.925. The van der Waals surface area contributed by atoms with E-state index in [-0.39, 0.29) is 29.4 Å². The van der Waals surface area contributed by atoms with Gasteiger partial charge in [-0.05, 0) is 31.2 Å². The molecule has 0 saturated carbocycles. The lowest BCUT2D eigenvalue weighted by Crippen LogP contribution is -2.36. The van der Waals surface area contributed by atoms with Crippen LogP contribution in [-0.4, -0.2) is 59.9 Å². The Bertz CT molecular complexity index is 424. The molecule has 0 aliphatic carbocycles. The van der Waals surface area contributed by atoms with Gasteiger partial charge in [0.05, 0.1) is 18.8 Å². The maximum Gasteiger partial charge on any atom is 0.332 e. The Labute approximate surface area is 131 Å². The van der Waals surface area contributed by atoms with E-state index in [4.69, 9.17) is 4.74 Å². The first-order chi connectivity index (χ1) is 10.3. The SMILES string of the molecule is CC(C)C(C)C(C(=O)O)=C(CCCN1CCOCC1)C(=O)O. The number of nitrogens with zero attached hydrogens (tertiary/aromatic N) is 1. The van der Waals surface area contributed by atoms with Crippen LogP contribution in [0.4, 0.5) is 0 Å². The van der Waals surface area contributed by atoms with Crippen molar-refractivity contribution < 1.29 is 24.5 Å². The van der Waals surface area contributed by atoms with Gasteiger partial charge in [0.1, 0.15) is 0 Å². The highest BCUT2D eigenvalue weighted by molar-refractivity contribution is 5.99. The first-order valence-electron chi connectivity index (χ1n) is 7.84. The molecule has 1 heterocycles. The fraction of sp³-hybridized carbons (Fsp3) is 0.750. The lowest BCUT2D eigenvalue weighted by atomic mass is 9.85. The predicted molar refractivity (Wildman–Crippen MR) is 82.8 cm³/mol. The number of aliphatic carboxylic acids is 2. The molecular formula is C16H27NO5. The molecule has 0 bridgehead atoms. The largest absolute Gasteiger partial charge is 0.478 e. The van der Waals surface area contributed by atoms with Crippen LogP contribution in [0.15, 0.2) is 11.1 Å². The molecule has 0 aromatic carbocycles. The molecule has 1 fully saturated rings. The van der Waals surface area contributed by atoms with E-state index in [0.717, 1.165) is 19.6 Å². The summed E-state index contributed by atoms with van der Waals surface area (Å²) in [5.74, 6) is -2.44. The summed E-state index contributed by atoms with van der Waals surface area (Å²) in [5, 5.41) is 18.8. The van der Waals surface area contributed by atoms with Crippen molar-refractivity contribution in [2.75, 3.05) is 32.8 Å². The maximum atomic E-state index is 11.5. The summed E-state index contributed by atoms with van der Waals surface area (Å²) in [6.45, 7) is 9.45. The monoisotopic (exact) mass is 313 g/mol. The standard InChI is InChI=1S/C16H27NO5/c1-11(2)12(3)14(16(20)21)13(15(18)19)5-4-6-17-7-9-22-10-8-17/h11-12H,4-10H2,1-3H3,(H,18,19)(H,20,21). The normalized spacial score (nSPS) is 18.9. The fourth-order valence-corrected chi connectivity index (χ4v) is 2.59. The molecule has 6 nitrogen and oxygen atoms in total. The van der Waals surface area contributed by atoms with Crippen LogP contribution in [0.3, 0.4) is 0 Å². The Balaban J connectivity index is 2.78. The Morgan fingerprint density at radius 3 is 2.14 bits per heavy atom. The highest BCUT2D eigenvalue weighted by Crippen LogP contribution is 2.26. The number of carboxylic acid groups (broad SMARTS) is 2. The van der Waals surface area contributed by atoms with Gasteiger partial charge in [0.25, 0.3) is 0 Å². The van der Waals surface area contributed by atoms with Crippen LogP contribution in [0.5, 0.6) is 0 Å². The predicted octanol–water partition coefficient (Wildman–Crippen LogP) is 1.86. The minimum Gasteiger partial charge on any atom is -0.478 e. The van der Waals surface area contributed by atoms with Crippen LogP contribution < -0.4 is 0 Å². The van der Waals surface area contributed by atoms with Crippen LogP contribution in [0.25, 0.3) is 0 Å². The van der Waals surface area contributed by atoms with Crippen LogP contribution >= 0.6 is 0 Å². The number of carboxylic acids is 2. The van der Waals surface area contributed by atoms with Gasteiger partial charge in [-0.2, -0.15) is 0 Å². The van der Waals surface area contributed by atoms with Crippen molar-refractivity contribution in [3.8, 4) is 0 Å². The second-order valence-corrected chi connectivity index (χ2v) is 6.09. The van der Waals surface area contributed by atoms with Gasteiger partial charge in [-0.3, -0.25) is 4.90 Å². The average molecular weight is 313 g/mol. The number of carbonyl (C=O) groups is 2. The maximum absolute atomic E-state index is 11.5. The molecule has 1 rings (SSSR count). The van der Waals surface area contributed by atoms with Crippen molar-refractivity contribution in [3.05, 3.63) is 11.1 Å². The van der Waals surface area contributed by atoms with E-state index in [1.807, 2.05) is 13.8 Å². The summed E-state index contributed by atoms with van der Waals surface area (Å²) in [4.78, 5) is 25.2. The molecule has 0 radical (unpaired) electrons. The van der Waals surface area contributed by atoms with Gasteiger partial charge in [0.15, 0.2) is 0 Å². The van der Waals surface area contributed by atoms with E-state index in [1.54, 1.807) is 6.92 Å². The fourth-order valence-electron chi connectivity index (χ4n) is 2.59. The number of morpholine rings is 1. The van der Waals surface area contributed by atoms with Crippen molar-refractivity contribution in [1.29, 1.82) is 0 Å². The van der Waals surface area contributed by atoms with Crippen LogP contribution in [-0.2, 0) is 14.3 Å². The van der Waals surface area contributed by atoms with Crippen molar-refractivity contribution in [1.82, 2.24) is 4.90 Å². The molecular weight excluding hydrogens is 286 g/mol. The molecule has 1 atom stereocenters. The van der Waals surface area contributed by atoms with Crippen LogP contribution in [0, 0.1) is 11.8 Å². The average Bonchev–Trinajstić information content (AvgIpc) is 2.46. The molecule has 1 aliphatic heterocycles. The molecule has 1 aliphatic rings. The van der Waals surface area contributed by atoms with Gasteiger partial charge in [0, 0.05) is 18.7 Å². The van der Waals surface area contributed by atoms with Crippen LogP contribution in [0.1, 0.15) is 33.6 Å². The van der Waals surface area contributed by atoms with Crippen molar-refractivity contribution in [2.24, 2.45) is 11.8 Å². The highest BCUT2D eigenvalue weighted by atomic mass is 16.5. The third kappa shape index (κ3) is 5.42. The van der Waals surface area contributed by atoms with E-state index in [2.05, 4.69) is 4.90 Å². The van der Waals surface area contributed by atoms with Crippen LogP contribution in [0.2, 0.25) is 0 Å². The molecule has 1 saturated heterocycles. The second-order valence-electron chi connectivity index (χ2n) is 6.09. The Kier molecular flexibility index (Phi) is 7.55. The molecule has 0 amide bonds. The molecule has 0 spiro atoms. The van der Waals surface area contributed by atoms with Gasteiger partial charge in [-0.1, -0.05) is 20.8 Å². The van der Waals surface area contributed by atoms with E-state index in [0.29, 0.717) is 19.6 Å². The lowest BCUT2D eigenvalue weighted by Gasteiger charge is -2.26. The summed E-state index contributed by atoms with van der Waals surface area (Å²) in [6, 6.07) is 0. The van der Waals surface area contributed by atoms with Crippen molar-refractivity contribution in [3.63, 3.8) is 0 Å². The Morgan fingerprint density at radius 2 is 1.68 bits per heavy atom. The molecule has 126 valence electrons. The van der Waals surface area contributed by atoms with Crippen molar-refractivity contribution >= 4 is 11.9 Å². The highest BCUT2D eigenvalue weighted by Gasteiger charge is 2.26. The smallest absolute Gasteiger partial charge is 0.332 e.